The summed E-state index contributed by atoms with van der Waals surface area (Å²) >= 11 is 5.67. The molecule has 2 aromatic rings. The lowest BCUT2D eigenvalue weighted by atomic mass is 9.88. The number of aliphatic imine (C=N–C) groups is 1. The molecule has 224 valence electrons. The van der Waals surface area contributed by atoms with Crippen LogP contribution in [-0.4, -0.2) is 71.7 Å². The summed E-state index contributed by atoms with van der Waals surface area (Å²) in [6.07, 6.45) is -3.59. The molecule has 0 saturated heterocycles. The Kier molecular flexibility index (Phi) is 9.63. The molecule has 1 amide bonds. The molecule has 0 aliphatic carbocycles. The maximum atomic E-state index is 15.1. The first-order valence-electron chi connectivity index (χ1n) is 12.4. The van der Waals surface area contributed by atoms with E-state index in [9.17, 15) is 27.5 Å². The SMILES string of the molecule is C[C@@]1(c2cc(/C=C(\F)c3cnc(Cl)cn3)ccc2F)CO[C@@](C)(C(F)(F)F)C(N(COCC[Si](C)(C)C)C(=O)O)=N1. The number of amides is 1. The van der Waals surface area contributed by atoms with Crippen LogP contribution in [0.5, 0.6) is 0 Å². The molecule has 1 aliphatic heterocycles. The number of ether oxygens (including phenoxy) is 2. The lowest BCUT2D eigenvalue weighted by molar-refractivity contribution is -0.252. The minimum atomic E-state index is -5.08. The van der Waals surface area contributed by atoms with Gasteiger partial charge in [-0.25, -0.2) is 28.4 Å². The van der Waals surface area contributed by atoms with Crippen molar-refractivity contribution in [1.82, 2.24) is 14.9 Å². The van der Waals surface area contributed by atoms with Gasteiger partial charge in [-0.2, -0.15) is 13.2 Å². The van der Waals surface area contributed by atoms with Gasteiger partial charge in [-0.05, 0) is 43.7 Å². The number of hydrogen-bond acceptors (Lipinski definition) is 6. The van der Waals surface area contributed by atoms with Gasteiger partial charge in [-0.3, -0.25) is 4.99 Å². The van der Waals surface area contributed by atoms with Gasteiger partial charge >= 0.3 is 12.3 Å². The zero-order chi connectivity index (χ0) is 30.8. The predicted molar refractivity (Wildman–Crippen MR) is 146 cm³/mol. The molecule has 0 fully saturated rings. The van der Waals surface area contributed by atoms with E-state index in [0.29, 0.717) is 17.9 Å². The second-order valence-corrected chi connectivity index (χ2v) is 17.1. The van der Waals surface area contributed by atoms with E-state index in [0.717, 1.165) is 24.5 Å². The number of halogens is 6. The molecule has 0 unspecified atom stereocenters. The van der Waals surface area contributed by atoms with E-state index in [1.807, 2.05) is 0 Å². The number of carbonyl (C=O) groups is 1. The number of amidine groups is 1. The van der Waals surface area contributed by atoms with Crippen molar-refractivity contribution < 1.29 is 41.3 Å². The topological polar surface area (TPSA) is 97.1 Å². The molecule has 1 N–H and O–H groups in total. The molecule has 0 bridgehead atoms. The molecule has 0 saturated carbocycles. The number of nitrogens with zero attached hydrogens (tertiary/aromatic N) is 4. The quantitative estimate of drug-likeness (QED) is 0.148. The van der Waals surface area contributed by atoms with Crippen molar-refractivity contribution in [2.75, 3.05) is 19.9 Å². The molecule has 3 rings (SSSR count). The number of alkyl halides is 3. The van der Waals surface area contributed by atoms with Gasteiger partial charge in [-0.1, -0.05) is 37.3 Å². The number of rotatable bonds is 8. The third-order valence-electron chi connectivity index (χ3n) is 6.39. The Morgan fingerprint density at radius 2 is 1.93 bits per heavy atom. The molecule has 2 atom stereocenters. The Morgan fingerprint density at radius 3 is 2.49 bits per heavy atom. The van der Waals surface area contributed by atoms with Crippen LogP contribution in [-0.2, 0) is 15.0 Å². The van der Waals surface area contributed by atoms with E-state index in [4.69, 9.17) is 21.1 Å². The molecular formula is C26H30ClF5N4O4Si. The highest BCUT2D eigenvalue weighted by molar-refractivity contribution is 6.76. The lowest BCUT2D eigenvalue weighted by Gasteiger charge is -2.44. The highest BCUT2D eigenvalue weighted by Gasteiger charge is 2.62. The summed E-state index contributed by atoms with van der Waals surface area (Å²) in [7, 11) is -1.58. The Labute approximate surface area is 239 Å². The first-order valence-corrected chi connectivity index (χ1v) is 16.5. The summed E-state index contributed by atoms with van der Waals surface area (Å²) in [6, 6.07) is 4.07. The van der Waals surface area contributed by atoms with Crippen LogP contribution < -0.4 is 0 Å². The standard InChI is InChI=1S/C26H30ClF5N4O4Si/c1-24(17-10-16(6-7-18(17)28)11-19(29)20-12-34-21(27)13-33-20)14-40-25(2,26(30,31)32)22(35-24)36(23(37)38)15-39-8-9-41(3,4)5/h6-7,10-13H,8-9,14-15H2,1-5H3,(H,37,38)/b19-11-/t24-,25+/m0/s1. The van der Waals surface area contributed by atoms with Crippen LogP contribution in [0, 0.1) is 5.82 Å². The average molecular weight is 621 g/mol. The van der Waals surface area contributed by atoms with Crippen LogP contribution in [0.25, 0.3) is 11.9 Å². The zero-order valence-corrected chi connectivity index (χ0v) is 24.8. The van der Waals surface area contributed by atoms with E-state index >= 15 is 4.39 Å². The molecule has 41 heavy (non-hydrogen) atoms. The Balaban J connectivity index is 2.06. The highest BCUT2D eigenvalue weighted by atomic mass is 35.5. The average Bonchev–Trinajstić information content (AvgIpc) is 2.86. The van der Waals surface area contributed by atoms with Gasteiger partial charge in [0.15, 0.2) is 11.7 Å². The fourth-order valence-corrected chi connectivity index (χ4v) is 4.68. The minimum absolute atomic E-state index is 0.0484. The van der Waals surface area contributed by atoms with Crippen molar-refractivity contribution in [3.05, 3.63) is 58.4 Å². The molecule has 1 aromatic heterocycles. The van der Waals surface area contributed by atoms with Crippen LogP contribution in [0.3, 0.4) is 0 Å². The predicted octanol–water partition coefficient (Wildman–Crippen LogP) is 6.99. The molecule has 0 radical (unpaired) electrons. The molecule has 1 aliphatic rings. The largest absolute Gasteiger partial charge is 0.465 e. The number of benzene rings is 1. The summed E-state index contributed by atoms with van der Waals surface area (Å²) in [5.74, 6) is -2.72. The first-order chi connectivity index (χ1) is 18.9. The molecule has 1 aromatic carbocycles. The number of aromatic nitrogens is 2. The smallest absolute Gasteiger partial charge is 0.424 e. The van der Waals surface area contributed by atoms with Crippen molar-refractivity contribution in [3.63, 3.8) is 0 Å². The Hall–Kier alpha value is -2.94. The Morgan fingerprint density at radius 1 is 1.24 bits per heavy atom. The summed E-state index contributed by atoms with van der Waals surface area (Å²) in [6.45, 7) is 6.74. The van der Waals surface area contributed by atoms with Gasteiger partial charge in [-0.15, -0.1) is 0 Å². The van der Waals surface area contributed by atoms with E-state index in [1.54, 1.807) is 0 Å². The van der Waals surface area contributed by atoms with Crippen molar-refractivity contribution in [1.29, 1.82) is 0 Å². The van der Waals surface area contributed by atoms with E-state index in [1.165, 1.54) is 19.1 Å². The van der Waals surface area contributed by atoms with Crippen LogP contribution in [0.2, 0.25) is 30.8 Å². The number of hydrogen-bond donors (Lipinski definition) is 1. The molecule has 15 heteroatoms. The second-order valence-electron chi connectivity index (χ2n) is 11.0. The normalized spacial score (nSPS) is 21.9. The van der Waals surface area contributed by atoms with Gasteiger partial charge in [0.05, 0.1) is 19.0 Å². The fourth-order valence-electron chi connectivity index (χ4n) is 3.83. The molecule has 0 spiro atoms. The van der Waals surface area contributed by atoms with Gasteiger partial charge in [0.1, 0.15) is 28.9 Å². The van der Waals surface area contributed by atoms with Crippen molar-refractivity contribution >= 4 is 43.5 Å². The van der Waals surface area contributed by atoms with Crippen molar-refractivity contribution in [3.8, 4) is 0 Å². The van der Waals surface area contributed by atoms with Crippen LogP contribution in [0.1, 0.15) is 30.7 Å². The van der Waals surface area contributed by atoms with E-state index in [2.05, 4.69) is 34.6 Å². The third-order valence-corrected chi connectivity index (χ3v) is 8.29. The van der Waals surface area contributed by atoms with E-state index in [-0.39, 0.29) is 28.6 Å². The zero-order valence-electron chi connectivity index (χ0n) is 23.0. The lowest BCUT2D eigenvalue weighted by Crippen LogP contribution is -2.63. The number of carboxylic acid groups (broad SMARTS) is 1. The highest BCUT2D eigenvalue weighted by Crippen LogP contribution is 2.43. The summed E-state index contributed by atoms with van der Waals surface area (Å²) in [5, 5.41) is 9.90. The van der Waals surface area contributed by atoms with Gasteiger partial charge in [0, 0.05) is 20.2 Å². The first kappa shape index (κ1) is 32.6. The second kappa shape index (κ2) is 12.1. The molecule has 2 heterocycles. The van der Waals surface area contributed by atoms with Crippen molar-refractivity contribution in [2.24, 2.45) is 4.99 Å². The monoisotopic (exact) mass is 620 g/mol. The molecule has 8 nitrogen and oxygen atoms in total. The maximum Gasteiger partial charge on any atom is 0.424 e. The Bertz CT molecular complexity index is 1340. The van der Waals surface area contributed by atoms with Crippen LogP contribution >= 0.6 is 11.6 Å². The summed E-state index contributed by atoms with van der Waals surface area (Å²) < 4.78 is 83.4. The minimum Gasteiger partial charge on any atom is -0.465 e. The van der Waals surface area contributed by atoms with Crippen molar-refractivity contribution in [2.45, 2.75) is 56.8 Å². The summed E-state index contributed by atoms with van der Waals surface area (Å²) in [5.41, 5.74) is -5.23. The maximum absolute atomic E-state index is 15.1. The molecular weight excluding hydrogens is 591 g/mol. The van der Waals surface area contributed by atoms with Gasteiger partial charge in [0.25, 0.3) is 0 Å². The van der Waals surface area contributed by atoms with Crippen LogP contribution in [0.4, 0.5) is 26.7 Å². The third kappa shape index (κ3) is 7.67. The van der Waals surface area contributed by atoms with E-state index < -0.39 is 62.3 Å². The fraction of sp³-hybridized carbons (Fsp3) is 0.462. The summed E-state index contributed by atoms with van der Waals surface area (Å²) in [4.78, 5) is 24.2. The van der Waals surface area contributed by atoms with Gasteiger partial charge in [0.2, 0.25) is 5.60 Å². The van der Waals surface area contributed by atoms with Crippen LogP contribution in [0.15, 0.2) is 35.6 Å². The van der Waals surface area contributed by atoms with Gasteiger partial charge < -0.3 is 14.6 Å².